The maximum atomic E-state index is 14.2. The monoisotopic (exact) mass is 885 g/mol. The number of piperazine rings is 2. The molecule has 0 saturated carbocycles. The molecule has 6 atom stereocenters. The van der Waals surface area contributed by atoms with E-state index in [1.54, 1.807) is 11.0 Å². The van der Waals surface area contributed by atoms with Crippen LogP contribution in [0.1, 0.15) is 86.5 Å². The van der Waals surface area contributed by atoms with Gasteiger partial charge in [-0.05, 0) is 98.2 Å². The maximum Gasteiger partial charge on any atom is 0.410 e. The lowest BCUT2D eigenvalue weighted by Crippen LogP contribution is -2.57. The van der Waals surface area contributed by atoms with Crippen LogP contribution in [0.15, 0.2) is 11.0 Å². The van der Waals surface area contributed by atoms with Crippen molar-refractivity contribution in [1.82, 2.24) is 44.6 Å². The Labute approximate surface area is 361 Å². The normalized spacial score (nSPS) is 27.7. The number of nitrogens with zero attached hydrogens (tertiary/aromatic N) is 11. The average molecular weight is 887 g/mol. The predicted octanol–water partition coefficient (Wildman–Crippen LogP) is 6.96. The summed E-state index contributed by atoms with van der Waals surface area (Å²) in [5.74, 6) is 1.51. The van der Waals surface area contributed by atoms with Crippen LogP contribution in [0.3, 0.4) is 0 Å². The molecule has 2 amide bonds. The summed E-state index contributed by atoms with van der Waals surface area (Å²) in [6, 6.07) is 0.708. The molecule has 6 aliphatic heterocycles. The first-order chi connectivity index (χ1) is 28.5. The van der Waals surface area contributed by atoms with Gasteiger partial charge in [0.1, 0.15) is 35.0 Å². The van der Waals surface area contributed by atoms with Crippen LogP contribution in [-0.2, 0) is 9.47 Å². The van der Waals surface area contributed by atoms with Crippen LogP contribution in [0.4, 0.5) is 25.6 Å². The zero-order valence-electron chi connectivity index (χ0n) is 35.0. The van der Waals surface area contributed by atoms with Gasteiger partial charge in [-0.15, -0.1) is 22.7 Å². The van der Waals surface area contributed by atoms with Gasteiger partial charge in [-0.25, -0.2) is 28.9 Å². The first-order valence-electron chi connectivity index (χ1n) is 20.9. The van der Waals surface area contributed by atoms with E-state index < -0.39 is 17.4 Å². The molecule has 4 aromatic rings. The summed E-state index contributed by atoms with van der Waals surface area (Å²) in [7, 11) is 0. The van der Waals surface area contributed by atoms with Crippen molar-refractivity contribution in [2.45, 2.75) is 134 Å². The molecule has 4 unspecified atom stereocenters. The first kappa shape index (κ1) is 41.4. The zero-order chi connectivity index (χ0) is 42.1. The van der Waals surface area contributed by atoms with Gasteiger partial charge < -0.3 is 24.0 Å². The van der Waals surface area contributed by atoms with Crippen molar-refractivity contribution < 1.29 is 28.2 Å². The van der Waals surface area contributed by atoms with Crippen LogP contribution < -0.4 is 14.5 Å². The van der Waals surface area contributed by atoms with Crippen molar-refractivity contribution in [3.05, 3.63) is 16.3 Å². The fourth-order valence-corrected chi connectivity index (χ4v) is 11.5. The quantitative estimate of drug-likeness (QED) is 0.190. The molecular formula is C40H53ClFN11O5S2. The second-order valence-electron chi connectivity index (χ2n) is 18.9. The molecule has 60 heavy (non-hydrogen) atoms. The summed E-state index contributed by atoms with van der Waals surface area (Å²) in [6.07, 6.45) is 5.10. The lowest BCUT2D eigenvalue weighted by molar-refractivity contribution is 0.0111. The van der Waals surface area contributed by atoms with Crippen LogP contribution in [0, 0.1) is 0 Å². The average Bonchev–Trinajstić information content (AvgIpc) is 4.02. The summed E-state index contributed by atoms with van der Waals surface area (Å²) < 4.78 is 31.6. The Morgan fingerprint density at radius 1 is 0.767 bits per heavy atom. The topological polar surface area (TPSA) is 155 Å². The highest BCUT2D eigenvalue weighted by Crippen LogP contribution is 2.42. The Kier molecular flexibility index (Phi) is 10.9. The van der Waals surface area contributed by atoms with Crippen molar-refractivity contribution in [3.63, 3.8) is 0 Å². The molecule has 0 radical (unpaired) electrons. The largest absolute Gasteiger partial charge is 0.461 e. The third kappa shape index (κ3) is 8.22. The van der Waals surface area contributed by atoms with Crippen LogP contribution in [0.2, 0.25) is 5.28 Å². The summed E-state index contributed by atoms with van der Waals surface area (Å²) in [5, 5.41) is 0.230. The van der Waals surface area contributed by atoms with Gasteiger partial charge in [0, 0.05) is 39.1 Å². The van der Waals surface area contributed by atoms with Crippen molar-refractivity contribution >= 4 is 78.8 Å². The van der Waals surface area contributed by atoms with Gasteiger partial charge in [0.15, 0.2) is 21.3 Å². The van der Waals surface area contributed by atoms with Crippen LogP contribution in [-0.4, -0.2) is 150 Å². The fraction of sp³-hybridized carbons (Fsp3) is 0.700. The highest BCUT2D eigenvalue weighted by Gasteiger charge is 2.50. The Balaban J connectivity index is 0.000000163. The number of hydrogen-bond donors (Lipinski definition) is 0. The summed E-state index contributed by atoms with van der Waals surface area (Å²) in [5.41, 5.74) is 3.82. The molecule has 0 aliphatic carbocycles. The molecule has 4 bridgehead atoms. The number of carbonyl (C=O) groups is 2. The van der Waals surface area contributed by atoms with E-state index in [0.717, 1.165) is 77.4 Å². The zero-order valence-corrected chi connectivity index (χ0v) is 37.4. The van der Waals surface area contributed by atoms with Crippen molar-refractivity contribution in [1.29, 1.82) is 0 Å². The number of alkyl halides is 1. The number of thiazole rings is 2. The number of hydrogen-bond acceptors (Lipinski definition) is 16. The second-order valence-corrected chi connectivity index (χ2v) is 20.9. The Morgan fingerprint density at radius 2 is 1.27 bits per heavy atom. The van der Waals surface area contributed by atoms with Gasteiger partial charge in [-0.2, -0.15) is 15.0 Å². The standard InChI is InChI=1S/C24H33FN6O3S.C16H20ClN5O2S/c1-23(2,3)34-22(32)31-16-5-6-17(31)12-29(11-16)19-18-20(35-14-26-18)28-21(27-19)33-13-24-7-4-8-30(24)10-15(25)9-24;1-16(2,3)24-15(23)22-9-4-5-10(22)7-21(6-9)12-11-13(25-8-18-11)20-14(17)19-12/h14-17H,4-13H2,1-3H3;8-10H,4-7H2,1-3H3/t15-,16?,17?,24+;/m1./s1. The molecule has 6 fully saturated rings. The number of ether oxygens (including phenoxy) is 3. The summed E-state index contributed by atoms with van der Waals surface area (Å²) in [4.78, 5) is 64.5. The fourth-order valence-electron chi connectivity index (χ4n) is 9.98. The van der Waals surface area contributed by atoms with Crippen molar-refractivity contribution in [2.75, 3.05) is 55.7 Å². The highest BCUT2D eigenvalue weighted by molar-refractivity contribution is 7.16. The molecular weight excluding hydrogens is 833 g/mol. The second kappa shape index (κ2) is 15.8. The van der Waals surface area contributed by atoms with Gasteiger partial charge in [-0.1, -0.05) is 0 Å². The number of fused-ring (bicyclic) bond motifs is 7. The molecule has 16 nitrogen and oxygen atoms in total. The van der Waals surface area contributed by atoms with E-state index >= 15 is 0 Å². The van der Waals surface area contributed by atoms with E-state index in [2.05, 4.69) is 39.6 Å². The smallest absolute Gasteiger partial charge is 0.410 e. The third-order valence-electron chi connectivity index (χ3n) is 12.3. The number of anilines is 2. The Morgan fingerprint density at radius 3 is 1.78 bits per heavy atom. The Bertz CT molecular complexity index is 2230. The van der Waals surface area contributed by atoms with Gasteiger partial charge in [-0.3, -0.25) is 14.7 Å². The molecule has 6 saturated heterocycles. The molecule has 4 aromatic heterocycles. The molecule has 10 rings (SSSR count). The third-order valence-corrected chi connectivity index (χ3v) is 13.9. The van der Waals surface area contributed by atoms with Crippen LogP contribution >= 0.6 is 34.3 Å². The number of rotatable bonds is 5. The maximum absolute atomic E-state index is 14.2. The van der Waals surface area contributed by atoms with Gasteiger partial charge in [0.2, 0.25) is 5.28 Å². The van der Waals surface area contributed by atoms with E-state index in [-0.39, 0.29) is 47.2 Å². The van der Waals surface area contributed by atoms with Gasteiger partial charge in [0.25, 0.3) is 0 Å². The molecule has 10 heterocycles. The number of amides is 2. The van der Waals surface area contributed by atoms with E-state index in [1.807, 2.05) is 51.3 Å². The number of carbonyl (C=O) groups excluding carboxylic acids is 2. The SMILES string of the molecule is CC(C)(C)OC(=O)N1C2CCC1CN(c1nc(Cl)nc3scnc13)C2.CC(C)(C)OC(=O)N1C2CCC1CN(c1nc(OC[C@@]34CCCN3C[C@H](F)C4)nc3scnc13)C2. The summed E-state index contributed by atoms with van der Waals surface area (Å²) >= 11 is 9.00. The first-order valence-corrected chi connectivity index (χ1v) is 23.1. The predicted molar refractivity (Wildman–Crippen MR) is 228 cm³/mol. The van der Waals surface area contributed by atoms with Crippen LogP contribution in [0.25, 0.3) is 20.7 Å². The van der Waals surface area contributed by atoms with Gasteiger partial charge >= 0.3 is 18.2 Å². The number of aromatic nitrogens is 6. The molecule has 6 aliphatic rings. The van der Waals surface area contributed by atoms with Crippen molar-refractivity contribution in [3.8, 4) is 6.01 Å². The van der Waals surface area contributed by atoms with Crippen LogP contribution in [0.5, 0.6) is 6.01 Å². The molecule has 0 spiro atoms. The van der Waals surface area contributed by atoms with Crippen molar-refractivity contribution in [2.24, 2.45) is 0 Å². The molecule has 0 aromatic carbocycles. The molecule has 0 N–H and O–H groups in total. The minimum absolute atomic E-state index is 0.0718. The number of halogens is 2. The van der Waals surface area contributed by atoms with E-state index in [1.165, 1.54) is 22.7 Å². The minimum Gasteiger partial charge on any atom is -0.461 e. The lowest BCUT2D eigenvalue weighted by Gasteiger charge is -2.41. The highest BCUT2D eigenvalue weighted by atomic mass is 35.5. The molecule has 20 heteroatoms. The minimum atomic E-state index is -0.795. The van der Waals surface area contributed by atoms with E-state index in [0.29, 0.717) is 51.8 Å². The van der Waals surface area contributed by atoms with Gasteiger partial charge in [0.05, 0.1) is 40.7 Å². The van der Waals surface area contributed by atoms with E-state index in [4.69, 9.17) is 30.8 Å². The Hall–Kier alpha value is -3.94. The lowest BCUT2D eigenvalue weighted by atomic mass is 9.95. The van der Waals surface area contributed by atoms with E-state index in [9.17, 15) is 14.0 Å². The summed E-state index contributed by atoms with van der Waals surface area (Å²) in [6.45, 7) is 15.9. The molecule has 324 valence electrons.